The first-order valence-corrected chi connectivity index (χ1v) is 5.33. The van der Waals surface area contributed by atoms with Gasteiger partial charge in [0.2, 0.25) is 0 Å². The zero-order valence-corrected chi connectivity index (χ0v) is 10.6. The average molecular weight is 238 g/mol. The summed E-state index contributed by atoms with van der Waals surface area (Å²) in [5.41, 5.74) is 6.17. The molecule has 5 nitrogen and oxygen atoms in total. The fraction of sp³-hybridized carbons (Fsp3) is 0.500. The maximum atomic E-state index is 11.6. The number of ketones is 1. The molecule has 0 aliphatic heterocycles. The predicted molar refractivity (Wildman–Crippen MR) is 65.2 cm³/mol. The molecule has 0 amide bonds. The number of ether oxygens (including phenoxy) is 2. The number of nitrogens with zero attached hydrogens (tertiary/aromatic N) is 1. The zero-order valence-electron chi connectivity index (χ0n) is 10.6. The number of carbonyl (C=O) groups excluding carboxylic acids is 1. The van der Waals surface area contributed by atoms with E-state index in [0.29, 0.717) is 29.5 Å². The molecule has 1 atom stereocenters. The highest BCUT2D eigenvalue weighted by Gasteiger charge is 2.28. The van der Waals surface area contributed by atoms with E-state index in [-0.39, 0.29) is 11.7 Å². The molecule has 0 aromatic rings. The molecule has 0 heterocycles. The van der Waals surface area contributed by atoms with Crippen molar-refractivity contribution in [2.24, 2.45) is 16.6 Å². The van der Waals surface area contributed by atoms with Crippen molar-refractivity contribution in [1.29, 1.82) is 0 Å². The second-order valence-corrected chi connectivity index (χ2v) is 3.89. The molecular weight excluding hydrogens is 220 g/mol. The number of carbonyl (C=O) groups is 1. The van der Waals surface area contributed by atoms with Gasteiger partial charge in [0.05, 0.1) is 31.7 Å². The SMILES string of the molecule is COC1=C(OC)CC(C(C)=O)C(N=C(C)N)=C1. The third-order valence-electron chi connectivity index (χ3n) is 2.56. The summed E-state index contributed by atoms with van der Waals surface area (Å²) >= 11 is 0. The number of Topliss-reactive ketones (excluding diaryl/α,β-unsaturated/α-hetero) is 1. The van der Waals surface area contributed by atoms with Crippen LogP contribution in [0.2, 0.25) is 0 Å². The molecule has 94 valence electrons. The van der Waals surface area contributed by atoms with Crippen LogP contribution in [0.5, 0.6) is 0 Å². The Bertz CT molecular complexity index is 404. The molecule has 1 aliphatic rings. The van der Waals surface area contributed by atoms with Gasteiger partial charge in [0.1, 0.15) is 11.5 Å². The number of aliphatic imine (C=N–C) groups is 1. The lowest BCUT2D eigenvalue weighted by Crippen LogP contribution is -2.20. The Labute approximate surface area is 101 Å². The standard InChI is InChI=1S/C12H18N2O3/c1-7(15)9-5-11(16-3)12(17-4)6-10(9)14-8(2)13/h6,9H,5H2,1-4H3,(H2,13,14). The van der Waals surface area contributed by atoms with E-state index >= 15 is 0 Å². The van der Waals surface area contributed by atoms with Crippen LogP contribution in [-0.2, 0) is 14.3 Å². The first kappa shape index (κ1) is 13.3. The number of amidine groups is 1. The second kappa shape index (κ2) is 5.52. The molecular formula is C12H18N2O3. The van der Waals surface area contributed by atoms with E-state index in [0.717, 1.165) is 0 Å². The van der Waals surface area contributed by atoms with E-state index in [1.807, 2.05) is 0 Å². The van der Waals surface area contributed by atoms with E-state index in [1.54, 1.807) is 27.2 Å². The maximum Gasteiger partial charge on any atom is 0.158 e. The van der Waals surface area contributed by atoms with Crippen molar-refractivity contribution in [3.8, 4) is 0 Å². The number of nitrogens with two attached hydrogens (primary N) is 1. The fourth-order valence-electron chi connectivity index (χ4n) is 1.73. The monoisotopic (exact) mass is 238 g/mol. The minimum Gasteiger partial charge on any atom is -0.497 e. The fourth-order valence-corrected chi connectivity index (χ4v) is 1.73. The van der Waals surface area contributed by atoms with E-state index < -0.39 is 0 Å². The molecule has 1 rings (SSSR count). The Morgan fingerprint density at radius 1 is 1.41 bits per heavy atom. The highest BCUT2D eigenvalue weighted by atomic mass is 16.5. The van der Waals surface area contributed by atoms with Crippen LogP contribution in [0.1, 0.15) is 20.3 Å². The highest BCUT2D eigenvalue weighted by molar-refractivity contribution is 5.84. The Hall–Kier alpha value is -1.78. The minimum atomic E-state index is -0.317. The first-order chi connectivity index (χ1) is 7.99. The lowest BCUT2D eigenvalue weighted by Gasteiger charge is -2.22. The third kappa shape index (κ3) is 3.09. The van der Waals surface area contributed by atoms with Gasteiger partial charge in [0, 0.05) is 12.5 Å². The summed E-state index contributed by atoms with van der Waals surface area (Å²) in [7, 11) is 3.11. The smallest absolute Gasteiger partial charge is 0.158 e. The van der Waals surface area contributed by atoms with Crippen molar-refractivity contribution in [3.63, 3.8) is 0 Å². The normalized spacial score (nSPS) is 21.1. The third-order valence-corrected chi connectivity index (χ3v) is 2.56. The van der Waals surface area contributed by atoms with Gasteiger partial charge >= 0.3 is 0 Å². The van der Waals surface area contributed by atoms with E-state index in [4.69, 9.17) is 15.2 Å². The average Bonchev–Trinajstić information content (AvgIpc) is 2.27. The largest absolute Gasteiger partial charge is 0.497 e. The molecule has 5 heteroatoms. The van der Waals surface area contributed by atoms with E-state index in [9.17, 15) is 4.79 Å². The highest BCUT2D eigenvalue weighted by Crippen LogP contribution is 2.31. The molecule has 0 aromatic carbocycles. The van der Waals surface area contributed by atoms with Crippen LogP contribution >= 0.6 is 0 Å². The van der Waals surface area contributed by atoms with Crippen molar-refractivity contribution in [1.82, 2.24) is 0 Å². The Morgan fingerprint density at radius 3 is 2.47 bits per heavy atom. The molecule has 0 bridgehead atoms. The lowest BCUT2D eigenvalue weighted by atomic mass is 9.91. The molecule has 0 fully saturated rings. The number of hydrogen-bond donors (Lipinski definition) is 1. The number of methoxy groups -OCH3 is 2. The van der Waals surface area contributed by atoms with Gasteiger partial charge in [-0.2, -0.15) is 0 Å². The Morgan fingerprint density at radius 2 is 2.06 bits per heavy atom. The van der Waals surface area contributed by atoms with Gasteiger partial charge in [-0.1, -0.05) is 0 Å². The molecule has 1 aliphatic carbocycles. The number of allylic oxidation sites excluding steroid dienone is 3. The molecule has 0 spiro atoms. The number of hydrogen-bond acceptors (Lipinski definition) is 4. The van der Waals surface area contributed by atoms with Crippen LogP contribution < -0.4 is 5.73 Å². The van der Waals surface area contributed by atoms with Crippen LogP contribution in [0, 0.1) is 5.92 Å². The summed E-state index contributed by atoms with van der Waals surface area (Å²) in [5, 5.41) is 0. The van der Waals surface area contributed by atoms with Crippen LogP contribution in [0.15, 0.2) is 28.3 Å². The van der Waals surface area contributed by atoms with Gasteiger partial charge in [-0.15, -0.1) is 0 Å². The van der Waals surface area contributed by atoms with Crippen LogP contribution in [0.3, 0.4) is 0 Å². The summed E-state index contributed by atoms with van der Waals surface area (Å²) in [6.45, 7) is 3.21. The zero-order chi connectivity index (χ0) is 13.0. The Kier molecular flexibility index (Phi) is 4.31. The van der Waals surface area contributed by atoms with Crippen molar-refractivity contribution in [2.75, 3.05) is 14.2 Å². The summed E-state index contributed by atoms with van der Waals surface area (Å²) in [6, 6.07) is 0. The summed E-state index contributed by atoms with van der Waals surface area (Å²) in [4.78, 5) is 15.7. The molecule has 2 N–H and O–H groups in total. The molecule has 1 unspecified atom stereocenters. The summed E-state index contributed by atoms with van der Waals surface area (Å²) in [5.74, 6) is 1.37. The van der Waals surface area contributed by atoms with Crippen LogP contribution in [-0.4, -0.2) is 25.8 Å². The van der Waals surface area contributed by atoms with Crippen molar-refractivity contribution in [2.45, 2.75) is 20.3 Å². The Balaban J connectivity index is 3.18. The molecule has 0 radical (unpaired) electrons. The first-order valence-electron chi connectivity index (χ1n) is 5.33. The van der Waals surface area contributed by atoms with E-state index in [1.165, 1.54) is 6.92 Å². The van der Waals surface area contributed by atoms with Gasteiger partial charge in [-0.05, 0) is 13.8 Å². The minimum absolute atomic E-state index is 0.0333. The second-order valence-electron chi connectivity index (χ2n) is 3.89. The molecule has 0 aromatic heterocycles. The van der Waals surface area contributed by atoms with Crippen LogP contribution in [0.4, 0.5) is 0 Å². The van der Waals surface area contributed by atoms with Gasteiger partial charge in [-0.3, -0.25) is 4.79 Å². The van der Waals surface area contributed by atoms with Crippen LogP contribution in [0.25, 0.3) is 0 Å². The van der Waals surface area contributed by atoms with Gasteiger partial charge in [0.25, 0.3) is 0 Å². The van der Waals surface area contributed by atoms with Crippen molar-refractivity contribution in [3.05, 3.63) is 23.3 Å². The summed E-state index contributed by atoms with van der Waals surface area (Å²) in [6.07, 6.45) is 2.16. The van der Waals surface area contributed by atoms with Crippen molar-refractivity contribution >= 4 is 11.6 Å². The molecule has 0 saturated carbocycles. The predicted octanol–water partition coefficient (Wildman–Crippen LogP) is 1.36. The molecule has 0 saturated heterocycles. The lowest BCUT2D eigenvalue weighted by molar-refractivity contribution is -0.119. The van der Waals surface area contributed by atoms with Gasteiger partial charge in [0.15, 0.2) is 5.76 Å². The molecule has 17 heavy (non-hydrogen) atoms. The van der Waals surface area contributed by atoms with Gasteiger partial charge in [-0.25, -0.2) is 4.99 Å². The van der Waals surface area contributed by atoms with E-state index in [2.05, 4.69) is 4.99 Å². The summed E-state index contributed by atoms with van der Waals surface area (Å²) < 4.78 is 10.4. The van der Waals surface area contributed by atoms with Crippen molar-refractivity contribution < 1.29 is 14.3 Å². The maximum absolute atomic E-state index is 11.6. The van der Waals surface area contributed by atoms with Gasteiger partial charge < -0.3 is 15.2 Å². The number of rotatable bonds is 4. The quantitative estimate of drug-likeness (QED) is 0.593. The topological polar surface area (TPSA) is 73.9 Å².